The van der Waals surface area contributed by atoms with Crippen LogP contribution in [-0.2, 0) is 28.6 Å². The number of unbranched alkanes of at least 4 members (excludes halogenated alkanes) is 38. The van der Waals surface area contributed by atoms with Crippen molar-refractivity contribution in [2.45, 2.75) is 329 Å². The lowest BCUT2D eigenvalue weighted by Crippen LogP contribution is -2.30. The summed E-state index contributed by atoms with van der Waals surface area (Å²) in [6.45, 7) is 9.08. The molecule has 0 fully saturated rings. The maximum Gasteiger partial charge on any atom is 0.306 e. The molecular weight excluding hydrogens is 781 g/mol. The topological polar surface area (TPSA) is 78.9 Å². The monoisotopic (exact) mass is 891 g/mol. The van der Waals surface area contributed by atoms with E-state index in [9.17, 15) is 14.4 Å². The molecule has 0 aliphatic rings. The Kier molecular flexibility index (Phi) is 50.1. The van der Waals surface area contributed by atoms with Crippen molar-refractivity contribution in [2.75, 3.05) is 13.2 Å². The maximum atomic E-state index is 12.7. The minimum Gasteiger partial charge on any atom is -0.462 e. The summed E-state index contributed by atoms with van der Waals surface area (Å²) in [6.07, 6.45) is 55.2. The smallest absolute Gasteiger partial charge is 0.306 e. The first kappa shape index (κ1) is 61.4. The number of ether oxygens (including phenoxy) is 3. The SMILES string of the molecule is CCCCCCCCCCCCCCCCC(=O)OC[C@H](COC(=O)CCCCCCCCCCCCCCCCCCCCC(C)CC)OC(=O)CCCCCCCCCCC. The van der Waals surface area contributed by atoms with Gasteiger partial charge in [-0.2, -0.15) is 0 Å². The molecule has 0 bridgehead atoms. The van der Waals surface area contributed by atoms with Crippen LogP contribution in [0.1, 0.15) is 323 Å². The van der Waals surface area contributed by atoms with E-state index in [1.807, 2.05) is 0 Å². The summed E-state index contributed by atoms with van der Waals surface area (Å²) in [7, 11) is 0. The van der Waals surface area contributed by atoms with Crippen LogP contribution in [0.25, 0.3) is 0 Å². The Morgan fingerprint density at radius 1 is 0.317 bits per heavy atom. The summed E-state index contributed by atoms with van der Waals surface area (Å²) in [5.41, 5.74) is 0. The lowest BCUT2D eigenvalue weighted by molar-refractivity contribution is -0.167. The molecule has 0 radical (unpaired) electrons. The molecule has 374 valence electrons. The highest BCUT2D eigenvalue weighted by molar-refractivity contribution is 5.71. The number of hydrogen-bond acceptors (Lipinski definition) is 6. The molecule has 0 aliphatic heterocycles. The Labute approximate surface area is 393 Å². The van der Waals surface area contributed by atoms with Crippen molar-refractivity contribution in [1.29, 1.82) is 0 Å². The molecule has 6 heteroatoms. The zero-order valence-corrected chi connectivity index (χ0v) is 43.0. The molecule has 0 aromatic rings. The summed E-state index contributed by atoms with van der Waals surface area (Å²) >= 11 is 0. The van der Waals surface area contributed by atoms with Gasteiger partial charge in [-0.1, -0.05) is 285 Å². The third-order valence-electron chi connectivity index (χ3n) is 13.4. The van der Waals surface area contributed by atoms with Crippen molar-refractivity contribution in [1.82, 2.24) is 0 Å². The van der Waals surface area contributed by atoms with Crippen LogP contribution in [0.5, 0.6) is 0 Å². The minimum atomic E-state index is -0.760. The van der Waals surface area contributed by atoms with E-state index in [0.717, 1.165) is 63.7 Å². The van der Waals surface area contributed by atoms with Gasteiger partial charge in [-0.25, -0.2) is 0 Å². The minimum absolute atomic E-state index is 0.0623. The summed E-state index contributed by atoms with van der Waals surface area (Å²) in [4.78, 5) is 38.0. The van der Waals surface area contributed by atoms with Crippen LogP contribution in [0.3, 0.4) is 0 Å². The van der Waals surface area contributed by atoms with Gasteiger partial charge in [0.25, 0.3) is 0 Å². The lowest BCUT2D eigenvalue weighted by atomic mass is 9.99. The van der Waals surface area contributed by atoms with E-state index in [4.69, 9.17) is 14.2 Å². The molecule has 0 N–H and O–H groups in total. The quantitative estimate of drug-likeness (QED) is 0.0344. The molecule has 0 aromatic carbocycles. The Morgan fingerprint density at radius 2 is 0.556 bits per heavy atom. The fraction of sp³-hybridized carbons (Fsp3) is 0.947. The number of esters is 3. The second-order valence-electron chi connectivity index (χ2n) is 19.8. The van der Waals surface area contributed by atoms with Gasteiger partial charge in [0, 0.05) is 19.3 Å². The highest BCUT2D eigenvalue weighted by Crippen LogP contribution is 2.18. The first-order valence-corrected chi connectivity index (χ1v) is 28.4. The number of hydrogen-bond donors (Lipinski definition) is 0. The average molecular weight is 892 g/mol. The third-order valence-corrected chi connectivity index (χ3v) is 13.4. The molecule has 0 rings (SSSR count). The van der Waals surface area contributed by atoms with Crippen molar-refractivity contribution in [3.8, 4) is 0 Å². The van der Waals surface area contributed by atoms with Crippen LogP contribution in [0.4, 0.5) is 0 Å². The van der Waals surface area contributed by atoms with E-state index in [-0.39, 0.29) is 31.1 Å². The largest absolute Gasteiger partial charge is 0.462 e. The van der Waals surface area contributed by atoms with Gasteiger partial charge in [0.1, 0.15) is 13.2 Å². The maximum absolute atomic E-state index is 12.7. The highest BCUT2D eigenvalue weighted by atomic mass is 16.6. The van der Waals surface area contributed by atoms with Crippen LogP contribution >= 0.6 is 0 Å². The first-order valence-electron chi connectivity index (χ1n) is 28.4. The molecule has 0 saturated carbocycles. The molecule has 0 saturated heterocycles. The van der Waals surface area contributed by atoms with E-state index in [1.54, 1.807) is 0 Å². The Hall–Kier alpha value is -1.59. The van der Waals surface area contributed by atoms with E-state index in [1.165, 1.54) is 218 Å². The van der Waals surface area contributed by atoms with Crippen LogP contribution in [0.15, 0.2) is 0 Å². The molecule has 6 nitrogen and oxygen atoms in total. The standard InChI is InChI=1S/C57H110O6/c1-5-8-10-12-14-16-17-18-26-29-33-36-40-44-48-55(58)61-51-54(63-57(60)50-46-42-38-31-15-13-11-9-6-2)52-62-56(59)49-45-41-37-34-30-27-24-22-20-19-21-23-25-28-32-35-39-43-47-53(4)7-3/h53-54H,5-52H2,1-4H3/t53?,54-/m1/s1. The second-order valence-corrected chi connectivity index (χ2v) is 19.8. The Bertz CT molecular complexity index is 951. The van der Waals surface area contributed by atoms with E-state index in [0.29, 0.717) is 19.3 Å². The van der Waals surface area contributed by atoms with E-state index < -0.39 is 6.10 Å². The lowest BCUT2D eigenvalue weighted by Gasteiger charge is -2.18. The molecular formula is C57H110O6. The van der Waals surface area contributed by atoms with Gasteiger partial charge in [0.05, 0.1) is 0 Å². The third kappa shape index (κ3) is 49.7. The molecule has 0 aromatic heterocycles. The zero-order chi connectivity index (χ0) is 45.9. The number of carbonyl (C=O) groups excluding carboxylic acids is 3. The zero-order valence-electron chi connectivity index (χ0n) is 43.0. The fourth-order valence-corrected chi connectivity index (χ4v) is 8.72. The van der Waals surface area contributed by atoms with Gasteiger partial charge in [0.15, 0.2) is 6.10 Å². The average Bonchev–Trinajstić information content (AvgIpc) is 3.28. The van der Waals surface area contributed by atoms with Gasteiger partial charge in [-0.3, -0.25) is 14.4 Å². The predicted molar refractivity (Wildman–Crippen MR) is 270 cm³/mol. The van der Waals surface area contributed by atoms with Gasteiger partial charge < -0.3 is 14.2 Å². The van der Waals surface area contributed by atoms with Crippen LogP contribution in [0, 0.1) is 5.92 Å². The molecule has 0 heterocycles. The Morgan fingerprint density at radius 3 is 0.825 bits per heavy atom. The molecule has 1 unspecified atom stereocenters. The molecule has 0 spiro atoms. The first-order chi connectivity index (χ1) is 30.9. The van der Waals surface area contributed by atoms with E-state index >= 15 is 0 Å². The summed E-state index contributed by atoms with van der Waals surface area (Å²) in [6, 6.07) is 0. The van der Waals surface area contributed by atoms with Crippen molar-refractivity contribution in [3.63, 3.8) is 0 Å². The van der Waals surface area contributed by atoms with Crippen LogP contribution < -0.4 is 0 Å². The normalized spacial score (nSPS) is 12.4. The summed E-state index contributed by atoms with van der Waals surface area (Å²) in [5.74, 6) is 0.0690. The van der Waals surface area contributed by atoms with Gasteiger partial charge in [0.2, 0.25) is 0 Å². The van der Waals surface area contributed by atoms with Crippen LogP contribution in [-0.4, -0.2) is 37.2 Å². The highest BCUT2D eigenvalue weighted by Gasteiger charge is 2.19. The van der Waals surface area contributed by atoms with Crippen molar-refractivity contribution in [2.24, 2.45) is 5.92 Å². The molecule has 2 atom stereocenters. The van der Waals surface area contributed by atoms with Crippen molar-refractivity contribution in [3.05, 3.63) is 0 Å². The van der Waals surface area contributed by atoms with Gasteiger partial charge in [-0.05, 0) is 25.2 Å². The molecule has 0 aliphatic carbocycles. The van der Waals surface area contributed by atoms with Gasteiger partial charge in [-0.15, -0.1) is 0 Å². The predicted octanol–water partition coefficient (Wildman–Crippen LogP) is 18.6. The summed E-state index contributed by atoms with van der Waals surface area (Å²) < 4.78 is 16.8. The molecule has 0 amide bonds. The van der Waals surface area contributed by atoms with Crippen molar-refractivity contribution >= 4 is 17.9 Å². The van der Waals surface area contributed by atoms with E-state index in [2.05, 4.69) is 27.7 Å². The number of carbonyl (C=O) groups is 3. The summed E-state index contributed by atoms with van der Waals surface area (Å²) in [5, 5.41) is 0. The van der Waals surface area contributed by atoms with Crippen molar-refractivity contribution < 1.29 is 28.6 Å². The fourth-order valence-electron chi connectivity index (χ4n) is 8.72. The molecule has 63 heavy (non-hydrogen) atoms. The van der Waals surface area contributed by atoms with Crippen LogP contribution in [0.2, 0.25) is 0 Å². The second kappa shape index (κ2) is 51.4. The Balaban J connectivity index is 4.14. The van der Waals surface area contributed by atoms with Gasteiger partial charge >= 0.3 is 17.9 Å². The number of rotatable bonds is 52.